The molecule has 3 heterocycles. The second-order valence-corrected chi connectivity index (χ2v) is 4.75. The van der Waals surface area contributed by atoms with Crippen LogP contribution in [0.4, 0.5) is 5.82 Å². The van der Waals surface area contributed by atoms with Gasteiger partial charge in [0.2, 0.25) is 0 Å². The Morgan fingerprint density at radius 1 is 1.16 bits per heavy atom. The Balaban J connectivity index is 2.17. The molecule has 0 saturated carbocycles. The molecular weight excluding hydrogens is 240 g/mol. The van der Waals surface area contributed by atoms with E-state index in [0.29, 0.717) is 12.4 Å². The Morgan fingerprint density at radius 3 is 3.00 bits per heavy atom. The number of anilines is 1. The summed E-state index contributed by atoms with van der Waals surface area (Å²) in [5.41, 5.74) is 8.87. The average molecular weight is 254 g/mol. The maximum Gasteiger partial charge on any atom is 0.152 e. The standard InChI is InChI=1S/C14H14N4O/c15-14-12-13(9-3-1-2-4-10(9)16-14)18-6-8-19-7-5-11(18)17-12/h1-4H,5-8H2,(H2,15,16). The van der Waals surface area contributed by atoms with Gasteiger partial charge in [0.1, 0.15) is 11.3 Å². The lowest BCUT2D eigenvalue weighted by Gasteiger charge is -2.07. The number of benzene rings is 1. The number of nitrogen functional groups attached to an aromatic ring is 1. The zero-order chi connectivity index (χ0) is 12.8. The molecule has 2 aromatic heterocycles. The van der Waals surface area contributed by atoms with Crippen LogP contribution in [0.5, 0.6) is 0 Å². The van der Waals surface area contributed by atoms with E-state index in [1.54, 1.807) is 0 Å². The first kappa shape index (κ1) is 10.8. The highest BCUT2D eigenvalue weighted by Gasteiger charge is 2.18. The van der Waals surface area contributed by atoms with Gasteiger partial charge in [-0.3, -0.25) is 0 Å². The second kappa shape index (κ2) is 3.93. The molecule has 4 rings (SSSR count). The van der Waals surface area contributed by atoms with E-state index in [2.05, 4.69) is 20.6 Å². The lowest BCUT2D eigenvalue weighted by Crippen LogP contribution is -2.04. The summed E-state index contributed by atoms with van der Waals surface area (Å²) in [5, 5.41) is 1.10. The molecule has 19 heavy (non-hydrogen) atoms. The molecule has 0 bridgehead atoms. The van der Waals surface area contributed by atoms with Crippen LogP contribution in [0.25, 0.3) is 21.9 Å². The lowest BCUT2D eigenvalue weighted by atomic mass is 10.2. The maximum atomic E-state index is 6.06. The van der Waals surface area contributed by atoms with Crippen molar-refractivity contribution in [1.29, 1.82) is 0 Å². The molecule has 0 fully saturated rings. The zero-order valence-electron chi connectivity index (χ0n) is 10.5. The van der Waals surface area contributed by atoms with E-state index in [9.17, 15) is 0 Å². The fourth-order valence-electron chi connectivity index (χ4n) is 2.76. The molecule has 0 saturated heterocycles. The van der Waals surface area contributed by atoms with E-state index in [4.69, 9.17) is 10.5 Å². The number of fused-ring (bicyclic) bond motifs is 5. The third-order valence-electron chi connectivity index (χ3n) is 3.62. The lowest BCUT2D eigenvalue weighted by molar-refractivity contribution is 0.141. The minimum atomic E-state index is 0.509. The van der Waals surface area contributed by atoms with Crippen molar-refractivity contribution in [1.82, 2.24) is 14.5 Å². The predicted molar refractivity (Wildman–Crippen MR) is 74.0 cm³/mol. The van der Waals surface area contributed by atoms with Crippen LogP contribution >= 0.6 is 0 Å². The Labute approximate surface area is 110 Å². The normalized spacial score (nSPS) is 15.6. The average Bonchev–Trinajstić information content (AvgIpc) is 2.64. The van der Waals surface area contributed by atoms with Crippen molar-refractivity contribution in [2.75, 3.05) is 18.9 Å². The number of hydrogen-bond acceptors (Lipinski definition) is 4. The van der Waals surface area contributed by atoms with Crippen LogP contribution in [0.1, 0.15) is 5.82 Å². The number of nitrogens with zero attached hydrogens (tertiary/aromatic N) is 3. The SMILES string of the molecule is Nc1nc2ccccc2c2c1nc1n2CCOCC1. The van der Waals surface area contributed by atoms with Crippen molar-refractivity contribution in [3.63, 3.8) is 0 Å². The molecule has 0 spiro atoms. The highest BCUT2D eigenvalue weighted by Crippen LogP contribution is 2.29. The van der Waals surface area contributed by atoms with Gasteiger partial charge in [0.25, 0.3) is 0 Å². The number of ether oxygens (including phenoxy) is 1. The van der Waals surface area contributed by atoms with Gasteiger partial charge >= 0.3 is 0 Å². The Kier molecular flexibility index (Phi) is 2.22. The molecule has 5 nitrogen and oxygen atoms in total. The van der Waals surface area contributed by atoms with Crippen molar-refractivity contribution < 1.29 is 4.74 Å². The van der Waals surface area contributed by atoms with Crippen LogP contribution in [-0.4, -0.2) is 27.7 Å². The predicted octanol–water partition coefficient (Wildman–Crippen LogP) is 1.74. The first-order chi connectivity index (χ1) is 9.34. The van der Waals surface area contributed by atoms with E-state index in [-0.39, 0.29) is 0 Å². The summed E-state index contributed by atoms with van der Waals surface area (Å²) < 4.78 is 7.74. The molecule has 5 heteroatoms. The molecule has 0 unspecified atom stereocenters. The number of rotatable bonds is 0. The molecule has 1 aliphatic heterocycles. The third kappa shape index (κ3) is 1.51. The molecule has 0 radical (unpaired) electrons. The number of para-hydroxylation sites is 1. The highest BCUT2D eigenvalue weighted by molar-refractivity contribution is 6.06. The highest BCUT2D eigenvalue weighted by atomic mass is 16.5. The number of pyridine rings is 1. The van der Waals surface area contributed by atoms with Gasteiger partial charge in [-0.2, -0.15) is 0 Å². The van der Waals surface area contributed by atoms with Gasteiger partial charge in [0.15, 0.2) is 5.82 Å². The van der Waals surface area contributed by atoms with E-state index >= 15 is 0 Å². The van der Waals surface area contributed by atoms with Gasteiger partial charge in [0, 0.05) is 18.4 Å². The fourth-order valence-corrected chi connectivity index (χ4v) is 2.76. The zero-order valence-corrected chi connectivity index (χ0v) is 10.5. The summed E-state index contributed by atoms with van der Waals surface area (Å²) in [6.07, 6.45) is 0.822. The topological polar surface area (TPSA) is 66.0 Å². The van der Waals surface area contributed by atoms with E-state index in [0.717, 1.165) is 47.3 Å². The number of aromatic nitrogens is 3. The van der Waals surface area contributed by atoms with Gasteiger partial charge in [-0.1, -0.05) is 18.2 Å². The second-order valence-electron chi connectivity index (χ2n) is 4.75. The maximum absolute atomic E-state index is 6.06. The summed E-state index contributed by atoms with van der Waals surface area (Å²) >= 11 is 0. The molecule has 1 aliphatic rings. The van der Waals surface area contributed by atoms with Gasteiger partial charge in [0.05, 0.1) is 24.2 Å². The summed E-state index contributed by atoms with van der Waals surface area (Å²) in [5.74, 6) is 1.55. The van der Waals surface area contributed by atoms with Crippen LogP contribution in [0.15, 0.2) is 24.3 Å². The molecule has 0 atom stereocenters. The summed E-state index contributed by atoms with van der Waals surface area (Å²) in [7, 11) is 0. The summed E-state index contributed by atoms with van der Waals surface area (Å²) in [4.78, 5) is 9.10. The molecule has 0 aliphatic carbocycles. The van der Waals surface area contributed by atoms with Crippen LogP contribution in [-0.2, 0) is 17.7 Å². The smallest absolute Gasteiger partial charge is 0.152 e. The van der Waals surface area contributed by atoms with Gasteiger partial charge < -0.3 is 15.0 Å². The van der Waals surface area contributed by atoms with Crippen LogP contribution in [0.2, 0.25) is 0 Å². The van der Waals surface area contributed by atoms with Gasteiger partial charge in [-0.15, -0.1) is 0 Å². The largest absolute Gasteiger partial charge is 0.382 e. The number of imidazole rings is 1. The fraction of sp³-hybridized carbons (Fsp3) is 0.286. The van der Waals surface area contributed by atoms with E-state index < -0.39 is 0 Å². The van der Waals surface area contributed by atoms with Gasteiger partial charge in [-0.05, 0) is 6.07 Å². The summed E-state index contributed by atoms with van der Waals surface area (Å²) in [6.45, 7) is 2.25. The van der Waals surface area contributed by atoms with E-state index in [1.165, 1.54) is 0 Å². The summed E-state index contributed by atoms with van der Waals surface area (Å²) in [6, 6.07) is 8.05. The number of nitrogens with two attached hydrogens (primary N) is 1. The van der Waals surface area contributed by atoms with Crippen molar-refractivity contribution in [2.45, 2.75) is 13.0 Å². The third-order valence-corrected chi connectivity index (χ3v) is 3.62. The Morgan fingerprint density at radius 2 is 2.05 bits per heavy atom. The van der Waals surface area contributed by atoms with Gasteiger partial charge in [-0.25, -0.2) is 9.97 Å². The first-order valence-corrected chi connectivity index (χ1v) is 6.45. The number of hydrogen-bond donors (Lipinski definition) is 1. The molecule has 0 amide bonds. The van der Waals surface area contributed by atoms with Crippen LogP contribution in [0.3, 0.4) is 0 Å². The van der Waals surface area contributed by atoms with Crippen molar-refractivity contribution in [2.24, 2.45) is 0 Å². The first-order valence-electron chi connectivity index (χ1n) is 6.45. The Hall–Kier alpha value is -2.14. The minimum Gasteiger partial charge on any atom is -0.382 e. The van der Waals surface area contributed by atoms with Crippen LogP contribution in [0, 0.1) is 0 Å². The van der Waals surface area contributed by atoms with Crippen LogP contribution < -0.4 is 5.73 Å². The van der Waals surface area contributed by atoms with E-state index in [1.807, 2.05) is 18.2 Å². The molecular formula is C14H14N4O. The minimum absolute atomic E-state index is 0.509. The monoisotopic (exact) mass is 254 g/mol. The molecule has 1 aromatic carbocycles. The molecule has 3 aromatic rings. The Bertz CT molecular complexity index is 778. The molecule has 96 valence electrons. The van der Waals surface area contributed by atoms with Crippen molar-refractivity contribution >= 4 is 27.8 Å². The molecule has 2 N–H and O–H groups in total. The quantitative estimate of drug-likeness (QED) is 0.663. The van der Waals surface area contributed by atoms with Crippen molar-refractivity contribution in [3.8, 4) is 0 Å². The van der Waals surface area contributed by atoms with Crippen molar-refractivity contribution in [3.05, 3.63) is 30.1 Å².